The summed E-state index contributed by atoms with van der Waals surface area (Å²) in [6.45, 7) is 9.88. The smallest absolute Gasteiger partial charge is 0.112 e. The molecular formula is C16H21ClN2. The molecule has 3 rings (SSSR count). The van der Waals surface area contributed by atoms with E-state index in [-0.39, 0.29) is 4.87 Å². The van der Waals surface area contributed by atoms with Crippen LogP contribution in [0.15, 0.2) is 29.3 Å². The van der Waals surface area contributed by atoms with Crippen molar-refractivity contribution in [2.75, 3.05) is 19.6 Å². The average Bonchev–Trinajstić information content (AvgIpc) is 2.60. The number of alkyl halides is 1. The van der Waals surface area contributed by atoms with Crippen LogP contribution < -0.4 is 0 Å². The Labute approximate surface area is 120 Å². The summed E-state index contributed by atoms with van der Waals surface area (Å²) < 4.78 is 0. The molecule has 0 aliphatic carbocycles. The highest BCUT2D eigenvalue weighted by molar-refractivity contribution is 6.38. The van der Waals surface area contributed by atoms with Crippen LogP contribution in [0.4, 0.5) is 5.69 Å². The Morgan fingerprint density at radius 3 is 2.79 bits per heavy atom. The zero-order chi connectivity index (χ0) is 13.7. The van der Waals surface area contributed by atoms with Crippen molar-refractivity contribution in [1.82, 2.24) is 4.90 Å². The highest BCUT2D eigenvalue weighted by Gasteiger charge is 2.45. The molecule has 3 heteroatoms. The molecule has 2 aliphatic rings. The highest BCUT2D eigenvalue weighted by atomic mass is 35.5. The number of piperidine rings is 1. The zero-order valence-corrected chi connectivity index (χ0v) is 12.7. The lowest BCUT2D eigenvalue weighted by Gasteiger charge is -2.39. The molecule has 19 heavy (non-hydrogen) atoms. The second-order valence-corrected chi connectivity index (χ2v) is 7.54. The van der Waals surface area contributed by atoms with E-state index in [0.717, 1.165) is 37.5 Å². The van der Waals surface area contributed by atoms with Crippen molar-refractivity contribution in [2.24, 2.45) is 10.4 Å². The maximum absolute atomic E-state index is 6.88. The molecule has 0 saturated carbocycles. The Balaban J connectivity index is 1.85. The van der Waals surface area contributed by atoms with Gasteiger partial charge in [-0.15, -0.1) is 11.6 Å². The van der Waals surface area contributed by atoms with Crippen molar-refractivity contribution in [1.29, 1.82) is 0 Å². The van der Waals surface area contributed by atoms with Crippen LogP contribution in [-0.4, -0.2) is 30.2 Å². The van der Waals surface area contributed by atoms with Gasteiger partial charge in [0.05, 0.1) is 11.4 Å². The molecule has 0 aromatic heterocycles. The monoisotopic (exact) mass is 276 g/mol. The van der Waals surface area contributed by atoms with E-state index in [1.54, 1.807) is 0 Å². The third kappa shape index (κ3) is 2.32. The van der Waals surface area contributed by atoms with E-state index in [1.165, 1.54) is 5.56 Å². The summed E-state index contributed by atoms with van der Waals surface area (Å²) in [5.41, 5.74) is 3.70. The standard InChI is InChI=1S/C16H21ClN2/c1-15(2,3)11-19-9-8-16(17)12-6-4-5-7-13(12)18-14(16)10-19/h4-7H,8-11H2,1-3H3. The van der Waals surface area contributed by atoms with E-state index in [9.17, 15) is 0 Å². The predicted octanol–water partition coefficient (Wildman–Crippen LogP) is 3.96. The van der Waals surface area contributed by atoms with Gasteiger partial charge in [-0.25, -0.2) is 0 Å². The van der Waals surface area contributed by atoms with Crippen LogP contribution in [-0.2, 0) is 4.87 Å². The zero-order valence-electron chi connectivity index (χ0n) is 11.9. The summed E-state index contributed by atoms with van der Waals surface area (Å²) in [4.78, 5) is 6.90. The first-order valence-corrected chi connectivity index (χ1v) is 7.35. The molecule has 0 N–H and O–H groups in total. The predicted molar refractivity (Wildman–Crippen MR) is 81.6 cm³/mol. The second-order valence-electron chi connectivity index (χ2n) is 6.90. The number of para-hydroxylation sites is 1. The van der Waals surface area contributed by atoms with Crippen LogP contribution in [0.1, 0.15) is 32.8 Å². The minimum absolute atomic E-state index is 0.318. The van der Waals surface area contributed by atoms with Gasteiger partial charge in [-0.1, -0.05) is 39.0 Å². The van der Waals surface area contributed by atoms with E-state index >= 15 is 0 Å². The van der Waals surface area contributed by atoms with Gasteiger partial charge in [0.1, 0.15) is 4.87 Å². The molecule has 1 aromatic carbocycles. The molecule has 0 spiro atoms. The SMILES string of the molecule is CC(C)(C)CN1CCC2(Cl)C(=Nc3ccccc32)C1. The fourth-order valence-electron chi connectivity index (χ4n) is 3.14. The molecule has 2 heterocycles. The average molecular weight is 277 g/mol. The molecule has 0 bridgehead atoms. The topological polar surface area (TPSA) is 15.6 Å². The molecule has 1 atom stereocenters. The number of benzene rings is 1. The van der Waals surface area contributed by atoms with Crippen LogP contribution in [0.25, 0.3) is 0 Å². The van der Waals surface area contributed by atoms with E-state index in [4.69, 9.17) is 16.6 Å². The summed E-state index contributed by atoms with van der Waals surface area (Å²) >= 11 is 6.88. The quantitative estimate of drug-likeness (QED) is 0.709. The number of nitrogens with zero attached hydrogens (tertiary/aromatic N) is 2. The Morgan fingerprint density at radius 2 is 2.05 bits per heavy atom. The van der Waals surface area contributed by atoms with Gasteiger partial charge in [0.2, 0.25) is 0 Å². The van der Waals surface area contributed by atoms with Gasteiger partial charge >= 0.3 is 0 Å². The first kappa shape index (κ1) is 13.1. The molecule has 0 radical (unpaired) electrons. The summed E-state index contributed by atoms with van der Waals surface area (Å²) in [7, 11) is 0. The third-order valence-electron chi connectivity index (χ3n) is 3.89. The number of halogens is 1. The van der Waals surface area contributed by atoms with Crippen LogP contribution >= 0.6 is 11.6 Å². The fourth-order valence-corrected chi connectivity index (χ4v) is 3.49. The fraction of sp³-hybridized carbons (Fsp3) is 0.562. The first-order chi connectivity index (χ1) is 8.88. The van der Waals surface area contributed by atoms with Crippen molar-refractivity contribution in [3.63, 3.8) is 0 Å². The van der Waals surface area contributed by atoms with Crippen LogP contribution in [0.5, 0.6) is 0 Å². The molecule has 1 saturated heterocycles. The molecular weight excluding hydrogens is 256 g/mol. The van der Waals surface area contributed by atoms with Gasteiger partial charge in [-0.05, 0) is 17.9 Å². The van der Waals surface area contributed by atoms with Crippen LogP contribution in [0, 0.1) is 5.41 Å². The molecule has 1 unspecified atom stereocenters. The Hall–Kier alpha value is -0.860. The number of hydrogen-bond acceptors (Lipinski definition) is 2. The minimum Gasteiger partial charge on any atom is -0.297 e. The minimum atomic E-state index is -0.342. The van der Waals surface area contributed by atoms with Crippen molar-refractivity contribution < 1.29 is 0 Å². The summed E-state index contributed by atoms with van der Waals surface area (Å²) in [6, 6.07) is 8.29. The molecule has 102 valence electrons. The van der Waals surface area contributed by atoms with E-state index < -0.39 is 0 Å². The highest BCUT2D eigenvalue weighted by Crippen LogP contribution is 2.47. The molecule has 1 aromatic rings. The number of fused-ring (bicyclic) bond motifs is 3. The summed E-state index contributed by atoms with van der Waals surface area (Å²) in [6.07, 6.45) is 0.959. The van der Waals surface area contributed by atoms with Gasteiger partial charge < -0.3 is 0 Å². The Bertz CT molecular complexity index is 530. The van der Waals surface area contributed by atoms with Crippen molar-refractivity contribution in [3.05, 3.63) is 29.8 Å². The molecule has 1 fully saturated rings. The number of aliphatic imine (C=N–C) groups is 1. The lowest BCUT2D eigenvalue weighted by Crippen LogP contribution is -2.48. The summed E-state index contributed by atoms with van der Waals surface area (Å²) in [5.74, 6) is 0. The molecule has 0 amide bonds. The van der Waals surface area contributed by atoms with Crippen LogP contribution in [0.2, 0.25) is 0 Å². The lowest BCUT2D eigenvalue weighted by atomic mass is 9.87. The normalized spacial score (nSPS) is 26.8. The van der Waals surface area contributed by atoms with E-state index in [0.29, 0.717) is 5.41 Å². The van der Waals surface area contributed by atoms with Gasteiger partial charge in [0.25, 0.3) is 0 Å². The number of hydrogen-bond donors (Lipinski definition) is 0. The summed E-state index contributed by atoms with van der Waals surface area (Å²) in [5, 5.41) is 0. The molecule has 2 aliphatic heterocycles. The maximum atomic E-state index is 6.88. The first-order valence-electron chi connectivity index (χ1n) is 6.97. The van der Waals surface area contributed by atoms with Crippen molar-refractivity contribution in [3.8, 4) is 0 Å². The number of rotatable bonds is 1. The van der Waals surface area contributed by atoms with Crippen molar-refractivity contribution in [2.45, 2.75) is 32.1 Å². The second kappa shape index (κ2) is 4.32. The Morgan fingerprint density at radius 1 is 1.32 bits per heavy atom. The lowest BCUT2D eigenvalue weighted by molar-refractivity contribution is 0.195. The van der Waals surface area contributed by atoms with Gasteiger partial charge in [0, 0.05) is 25.2 Å². The third-order valence-corrected chi connectivity index (χ3v) is 4.50. The van der Waals surface area contributed by atoms with Gasteiger partial charge in [0.15, 0.2) is 0 Å². The van der Waals surface area contributed by atoms with Crippen molar-refractivity contribution >= 4 is 23.0 Å². The Kier molecular flexibility index (Phi) is 2.99. The van der Waals surface area contributed by atoms with Gasteiger partial charge in [-0.3, -0.25) is 9.89 Å². The molecule has 2 nitrogen and oxygen atoms in total. The van der Waals surface area contributed by atoms with E-state index in [2.05, 4.69) is 43.9 Å². The maximum Gasteiger partial charge on any atom is 0.112 e. The number of likely N-dealkylation sites (tertiary alicyclic amines) is 1. The van der Waals surface area contributed by atoms with Gasteiger partial charge in [-0.2, -0.15) is 0 Å². The largest absolute Gasteiger partial charge is 0.297 e. The van der Waals surface area contributed by atoms with E-state index in [1.807, 2.05) is 6.07 Å². The van der Waals surface area contributed by atoms with Crippen LogP contribution in [0.3, 0.4) is 0 Å².